The molecule has 0 saturated carbocycles. The van der Waals surface area contributed by atoms with Crippen molar-refractivity contribution in [3.63, 3.8) is 0 Å². The highest BCUT2D eigenvalue weighted by molar-refractivity contribution is 8.26. The summed E-state index contributed by atoms with van der Waals surface area (Å²) in [5.41, 5.74) is 4.83. The van der Waals surface area contributed by atoms with Gasteiger partial charge in [0.2, 0.25) is 10.0 Å². The lowest BCUT2D eigenvalue weighted by atomic mass is 10.1. The lowest BCUT2D eigenvalue weighted by Gasteiger charge is -2.14. The Morgan fingerprint density at radius 2 is 1.72 bits per heavy atom. The number of nitrogens with zero attached hydrogens (tertiary/aromatic N) is 4. The second-order valence-corrected chi connectivity index (χ2v) is 13.1. The minimum Gasteiger partial charge on any atom is -0.288 e. The fourth-order valence-electron chi connectivity index (χ4n) is 4.10. The number of sulfonamides is 1. The Kier molecular flexibility index (Phi) is 7.55. The summed E-state index contributed by atoms with van der Waals surface area (Å²) in [6.07, 6.45) is 3.62. The van der Waals surface area contributed by atoms with E-state index in [1.807, 2.05) is 73.8 Å². The Morgan fingerprint density at radius 1 is 1.00 bits per heavy atom. The van der Waals surface area contributed by atoms with Gasteiger partial charge in [-0.15, -0.1) is 0 Å². The summed E-state index contributed by atoms with van der Waals surface area (Å²) < 4.78 is 29.0. The number of aromatic nitrogens is 2. The Bertz CT molecular complexity index is 1690. The van der Waals surface area contributed by atoms with Gasteiger partial charge in [0.05, 0.1) is 22.0 Å². The molecule has 3 aromatic carbocycles. The van der Waals surface area contributed by atoms with E-state index in [4.69, 9.17) is 17.3 Å². The average Bonchev–Trinajstić information content (AvgIpc) is 3.47. The number of thioether (sulfide) groups is 1. The zero-order valence-corrected chi connectivity index (χ0v) is 24.1. The van der Waals surface area contributed by atoms with E-state index < -0.39 is 10.0 Å². The maximum atomic E-state index is 13.4. The number of rotatable bonds is 7. The van der Waals surface area contributed by atoms with Crippen LogP contribution in [0.1, 0.15) is 16.7 Å². The van der Waals surface area contributed by atoms with E-state index >= 15 is 0 Å². The summed E-state index contributed by atoms with van der Waals surface area (Å²) in [5.74, 6) is -0.173. The third kappa shape index (κ3) is 5.60. The van der Waals surface area contributed by atoms with E-state index in [0.29, 0.717) is 32.6 Å². The SMILES string of the molecule is Cc1ccc(CN2C(=O)C(=Cc3cn(-c4ccccc4)nc3-c3cccc(S(=O)(=O)N(C)C)c3)SC2=S)cc1. The molecule has 1 amide bonds. The highest BCUT2D eigenvalue weighted by atomic mass is 32.2. The van der Waals surface area contributed by atoms with Crippen LogP contribution in [0.2, 0.25) is 0 Å². The summed E-state index contributed by atoms with van der Waals surface area (Å²) >= 11 is 6.81. The van der Waals surface area contributed by atoms with Crippen molar-refractivity contribution in [2.45, 2.75) is 18.4 Å². The molecule has 1 aromatic heterocycles. The van der Waals surface area contributed by atoms with Crippen molar-refractivity contribution in [2.24, 2.45) is 0 Å². The first-order valence-corrected chi connectivity index (χ1v) is 14.8. The van der Waals surface area contributed by atoms with Crippen LogP contribution in [-0.2, 0) is 21.4 Å². The smallest absolute Gasteiger partial charge is 0.266 e. The summed E-state index contributed by atoms with van der Waals surface area (Å²) in [7, 11) is -0.650. The molecule has 0 bridgehead atoms. The van der Waals surface area contributed by atoms with Gasteiger partial charge in [0.1, 0.15) is 10.0 Å². The van der Waals surface area contributed by atoms with Gasteiger partial charge in [-0.3, -0.25) is 9.69 Å². The van der Waals surface area contributed by atoms with Gasteiger partial charge < -0.3 is 0 Å². The van der Waals surface area contributed by atoms with E-state index in [1.165, 1.54) is 30.2 Å². The van der Waals surface area contributed by atoms with E-state index in [2.05, 4.69) is 0 Å². The number of amides is 1. The van der Waals surface area contributed by atoms with E-state index in [0.717, 1.165) is 16.8 Å². The van der Waals surface area contributed by atoms with Crippen LogP contribution in [0.3, 0.4) is 0 Å². The van der Waals surface area contributed by atoms with Crippen LogP contribution in [0.5, 0.6) is 0 Å². The van der Waals surface area contributed by atoms with Gasteiger partial charge in [-0.05, 0) is 42.8 Å². The molecule has 0 N–H and O–H groups in total. The molecule has 39 heavy (non-hydrogen) atoms. The highest BCUT2D eigenvalue weighted by Gasteiger charge is 2.32. The Balaban J connectivity index is 1.56. The third-order valence-corrected chi connectivity index (χ3v) is 9.46. The molecular formula is C29H26N4O3S3. The first-order valence-electron chi connectivity index (χ1n) is 12.1. The van der Waals surface area contributed by atoms with Crippen LogP contribution in [0.25, 0.3) is 23.0 Å². The number of hydrogen-bond acceptors (Lipinski definition) is 6. The second kappa shape index (κ2) is 10.9. The molecule has 198 valence electrons. The van der Waals surface area contributed by atoms with Crippen molar-refractivity contribution in [3.8, 4) is 16.9 Å². The second-order valence-electron chi connectivity index (χ2n) is 9.28. The fourth-order valence-corrected chi connectivity index (χ4v) is 6.29. The topological polar surface area (TPSA) is 75.5 Å². The Hall–Kier alpha value is -3.57. The van der Waals surface area contributed by atoms with Gasteiger partial charge in [0.25, 0.3) is 5.91 Å². The minimum atomic E-state index is -3.64. The van der Waals surface area contributed by atoms with E-state index in [1.54, 1.807) is 33.9 Å². The molecule has 0 aliphatic carbocycles. The molecule has 0 spiro atoms. The number of carbonyl (C=O) groups is 1. The molecule has 5 rings (SSSR count). The number of benzene rings is 3. The van der Waals surface area contributed by atoms with Crippen molar-refractivity contribution < 1.29 is 13.2 Å². The Morgan fingerprint density at radius 3 is 2.41 bits per heavy atom. The quantitative estimate of drug-likeness (QED) is 0.214. The third-order valence-electron chi connectivity index (χ3n) is 6.27. The molecule has 1 saturated heterocycles. The molecule has 0 atom stereocenters. The van der Waals surface area contributed by atoms with Crippen LogP contribution < -0.4 is 0 Å². The van der Waals surface area contributed by atoms with Crippen molar-refractivity contribution in [3.05, 3.63) is 107 Å². The van der Waals surface area contributed by atoms with Gasteiger partial charge in [-0.1, -0.05) is 84.1 Å². The van der Waals surface area contributed by atoms with Gasteiger partial charge in [-0.25, -0.2) is 17.4 Å². The molecule has 1 aliphatic rings. The molecule has 0 radical (unpaired) electrons. The maximum absolute atomic E-state index is 13.4. The number of aryl methyl sites for hydroxylation is 1. The number of thiocarbonyl (C=S) groups is 1. The van der Waals surface area contributed by atoms with Gasteiger partial charge in [0.15, 0.2) is 0 Å². The maximum Gasteiger partial charge on any atom is 0.266 e. The van der Waals surface area contributed by atoms with Crippen LogP contribution in [0.15, 0.2) is 94.9 Å². The summed E-state index contributed by atoms with van der Waals surface area (Å²) in [4.78, 5) is 15.7. The molecule has 0 unspecified atom stereocenters. The van der Waals surface area contributed by atoms with Crippen molar-refractivity contribution in [2.75, 3.05) is 14.1 Å². The standard InChI is InChI=1S/C29H26N4O3S3/c1-20-12-14-21(15-13-20)18-32-28(34)26(38-29(32)37)17-23-19-33(24-9-5-4-6-10-24)30-27(23)22-8-7-11-25(16-22)39(35,36)31(2)3/h4-17,19H,18H2,1-3H3. The number of para-hydroxylation sites is 1. The minimum absolute atomic E-state index is 0.162. The van der Waals surface area contributed by atoms with Gasteiger partial charge >= 0.3 is 0 Å². The summed E-state index contributed by atoms with van der Waals surface area (Å²) in [6.45, 7) is 2.41. The van der Waals surface area contributed by atoms with Crippen LogP contribution in [0.4, 0.5) is 0 Å². The first-order chi connectivity index (χ1) is 18.6. The predicted octanol–water partition coefficient (Wildman–Crippen LogP) is 5.50. The molecular weight excluding hydrogens is 549 g/mol. The molecule has 1 aliphatic heterocycles. The normalized spacial score (nSPS) is 15.1. The van der Waals surface area contributed by atoms with Gasteiger partial charge in [-0.2, -0.15) is 5.10 Å². The lowest BCUT2D eigenvalue weighted by Crippen LogP contribution is -2.27. The molecule has 2 heterocycles. The number of hydrogen-bond donors (Lipinski definition) is 0. The molecule has 7 nitrogen and oxygen atoms in total. The average molecular weight is 575 g/mol. The summed E-state index contributed by atoms with van der Waals surface area (Å²) in [6, 6.07) is 24.3. The largest absolute Gasteiger partial charge is 0.288 e. The van der Waals surface area contributed by atoms with Crippen molar-refractivity contribution in [1.29, 1.82) is 0 Å². The zero-order valence-electron chi connectivity index (χ0n) is 21.6. The molecule has 10 heteroatoms. The summed E-state index contributed by atoms with van der Waals surface area (Å²) in [5, 5.41) is 4.80. The zero-order chi connectivity index (χ0) is 27.7. The predicted molar refractivity (Wildman–Crippen MR) is 160 cm³/mol. The van der Waals surface area contributed by atoms with Gasteiger partial charge in [0, 0.05) is 31.4 Å². The molecule has 1 fully saturated rings. The molecule has 4 aromatic rings. The van der Waals surface area contributed by atoms with E-state index in [9.17, 15) is 13.2 Å². The fraction of sp³-hybridized carbons (Fsp3) is 0.138. The Labute approximate surface area is 237 Å². The van der Waals surface area contributed by atoms with Crippen LogP contribution >= 0.6 is 24.0 Å². The highest BCUT2D eigenvalue weighted by Crippen LogP contribution is 2.36. The van der Waals surface area contributed by atoms with E-state index in [-0.39, 0.29) is 10.8 Å². The van der Waals surface area contributed by atoms with Crippen molar-refractivity contribution >= 4 is 50.3 Å². The van der Waals surface area contributed by atoms with Crippen LogP contribution in [-0.4, -0.2) is 51.7 Å². The van der Waals surface area contributed by atoms with Crippen LogP contribution in [0, 0.1) is 6.92 Å². The first kappa shape index (κ1) is 27.0. The van der Waals surface area contributed by atoms with Crippen molar-refractivity contribution in [1.82, 2.24) is 19.0 Å². The lowest BCUT2D eigenvalue weighted by molar-refractivity contribution is -0.122. The number of carbonyl (C=O) groups excluding carboxylic acids is 1. The monoisotopic (exact) mass is 574 g/mol.